The molecule has 0 aromatic heterocycles. The third-order valence-electron chi connectivity index (χ3n) is 5.21. The molecule has 132 valence electrons. The van der Waals surface area contributed by atoms with Crippen molar-refractivity contribution in [3.05, 3.63) is 0 Å². The largest absolute Gasteiger partial charge is 0.342 e. The van der Waals surface area contributed by atoms with Crippen molar-refractivity contribution in [3.8, 4) is 0 Å². The predicted molar refractivity (Wildman–Crippen MR) is 91.1 cm³/mol. The third kappa shape index (κ3) is 5.46. The normalized spacial score (nSPS) is 25.5. The zero-order chi connectivity index (χ0) is 16.8. The number of nitrogens with zero attached hydrogens (tertiary/aromatic N) is 3. The van der Waals surface area contributed by atoms with Crippen LogP contribution in [0.4, 0.5) is 0 Å². The number of nitrogens with one attached hydrogen (secondary N) is 1. The van der Waals surface area contributed by atoms with Crippen LogP contribution < -0.4 is 5.32 Å². The number of amides is 2. The fraction of sp³-hybridized carbons (Fsp3) is 0.882. The lowest BCUT2D eigenvalue weighted by Gasteiger charge is -2.34. The van der Waals surface area contributed by atoms with E-state index in [0.717, 1.165) is 44.9 Å². The first-order chi connectivity index (χ1) is 11.0. The van der Waals surface area contributed by atoms with Gasteiger partial charge in [0.25, 0.3) is 0 Å². The Kier molecular flexibility index (Phi) is 6.84. The molecule has 2 aliphatic rings. The van der Waals surface area contributed by atoms with Gasteiger partial charge in [0.2, 0.25) is 11.8 Å². The van der Waals surface area contributed by atoms with Crippen molar-refractivity contribution in [2.75, 3.05) is 53.4 Å². The van der Waals surface area contributed by atoms with Gasteiger partial charge < -0.3 is 15.1 Å². The fourth-order valence-corrected chi connectivity index (χ4v) is 3.48. The van der Waals surface area contributed by atoms with E-state index < -0.39 is 0 Å². The van der Waals surface area contributed by atoms with Crippen molar-refractivity contribution in [1.29, 1.82) is 0 Å². The van der Waals surface area contributed by atoms with E-state index in [9.17, 15) is 9.59 Å². The van der Waals surface area contributed by atoms with Crippen molar-refractivity contribution >= 4 is 11.8 Å². The Hall–Kier alpha value is -1.14. The molecular weight excluding hydrogens is 292 g/mol. The number of hydrogen-bond donors (Lipinski definition) is 1. The van der Waals surface area contributed by atoms with Crippen LogP contribution in [0.15, 0.2) is 0 Å². The highest BCUT2D eigenvalue weighted by Crippen LogP contribution is 2.26. The lowest BCUT2D eigenvalue weighted by atomic mass is 9.87. The minimum Gasteiger partial charge on any atom is -0.342 e. The number of likely N-dealkylation sites (N-methyl/N-ethyl adjacent to an activating group) is 2. The van der Waals surface area contributed by atoms with Crippen LogP contribution in [-0.4, -0.2) is 85.9 Å². The first-order valence-electron chi connectivity index (χ1n) is 8.90. The van der Waals surface area contributed by atoms with E-state index in [2.05, 4.69) is 12.2 Å². The molecule has 0 spiro atoms. The van der Waals surface area contributed by atoms with E-state index in [1.54, 1.807) is 0 Å². The molecule has 1 N–H and O–H groups in total. The van der Waals surface area contributed by atoms with Crippen molar-refractivity contribution in [2.45, 2.75) is 38.6 Å². The first kappa shape index (κ1) is 18.2. The average Bonchev–Trinajstić information content (AvgIpc) is 2.55. The molecule has 0 atom stereocenters. The SMILES string of the molecule is CC1CCC(N(C)C(=O)CN(C)CC(=O)N2CCNCC2)CC1. The molecule has 2 fully saturated rings. The number of carbonyl (C=O) groups is 2. The number of carbonyl (C=O) groups excluding carboxylic acids is 2. The minimum atomic E-state index is 0.121. The Bertz CT molecular complexity index is 401. The Balaban J connectivity index is 1.74. The first-order valence-corrected chi connectivity index (χ1v) is 8.90. The van der Waals surface area contributed by atoms with Crippen LogP contribution >= 0.6 is 0 Å². The quantitative estimate of drug-likeness (QED) is 0.795. The van der Waals surface area contributed by atoms with Crippen molar-refractivity contribution in [3.63, 3.8) is 0 Å². The summed E-state index contributed by atoms with van der Waals surface area (Å²) < 4.78 is 0. The molecule has 1 aliphatic carbocycles. The van der Waals surface area contributed by atoms with E-state index >= 15 is 0 Å². The molecule has 0 aromatic rings. The summed E-state index contributed by atoms with van der Waals surface area (Å²) in [5.41, 5.74) is 0. The van der Waals surface area contributed by atoms with Crippen LogP contribution in [-0.2, 0) is 9.59 Å². The van der Waals surface area contributed by atoms with Crippen LogP contribution in [0, 0.1) is 5.92 Å². The molecule has 6 heteroatoms. The van der Waals surface area contributed by atoms with Gasteiger partial charge in [-0.2, -0.15) is 0 Å². The van der Waals surface area contributed by atoms with Crippen molar-refractivity contribution < 1.29 is 9.59 Å². The summed E-state index contributed by atoms with van der Waals surface area (Å²) in [5, 5.41) is 3.24. The monoisotopic (exact) mass is 324 g/mol. The fourth-order valence-electron chi connectivity index (χ4n) is 3.48. The number of piperazine rings is 1. The average molecular weight is 324 g/mol. The van der Waals surface area contributed by atoms with Gasteiger partial charge in [0.05, 0.1) is 13.1 Å². The maximum atomic E-state index is 12.4. The van der Waals surface area contributed by atoms with Gasteiger partial charge >= 0.3 is 0 Å². The van der Waals surface area contributed by atoms with Crippen LogP contribution in [0.25, 0.3) is 0 Å². The molecule has 0 radical (unpaired) electrons. The Labute approximate surface area is 140 Å². The molecule has 23 heavy (non-hydrogen) atoms. The number of rotatable bonds is 5. The molecule has 0 unspecified atom stereocenters. The standard InChI is InChI=1S/C17H32N4O2/c1-14-4-6-15(7-5-14)20(3)16(22)12-19(2)13-17(23)21-10-8-18-9-11-21/h14-15,18H,4-13H2,1-3H3. The highest BCUT2D eigenvalue weighted by atomic mass is 16.2. The molecule has 1 saturated heterocycles. The van der Waals surface area contributed by atoms with Gasteiger partial charge in [-0.1, -0.05) is 6.92 Å². The van der Waals surface area contributed by atoms with Crippen molar-refractivity contribution in [1.82, 2.24) is 20.0 Å². The molecule has 0 bridgehead atoms. The van der Waals surface area contributed by atoms with Gasteiger partial charge in [0.15, 0.2) is 0 Å². The second-order valence-corrected chi connectivity index (χ2v) is 7.22. The maximum absolute atomic E-state index is 12.4. The highest BCUT2D eigenvalue weighted by Gasteiger charge is 2.26. The lowest BCUT2D eigenvalue weighted by molar-refractivity contribution is -0.136. The summed E-state index contributed by atoms with van der Waals surface area (Å²) in [6.45, 7) is 6.17. The molecule has 1 saturated carbocycles. The van der Waals surface area contributed by atoms with Crippen LogP contribution in [0.3, 0.4) is 0 Å². The van der Waals surface area contributed by atoms with Gasteiger partial charge in [-0.25, -0.2) is 0 Å². The predicted octanol–water partition coefficient (Wildman–Crippen LogP) is 0.387. The van der Waals surface area contributed by atoms with Crippen LogP contribution in [0.2, 0.25) is 0 Å². The Morgan fingerprint density at radius 2 is 1.65 bits per heavy atom. The van der Waals surface area contributed by atoms with Gasteiger partial charge in [0.1, 0.15) is 0 Å². The van der Waals surface area contributed by atoms with Crippen molar-refractivity contribution in [2.24, 2.45) is 5.92 Å². The summed E-state index contributed by atoms with van der Waals surface area (Å²) in [7, 11) is 3.77. The number of hydrogen-bond acceptors (Lipinski definition) is 4. The summed E-state index contributed by atoms with van der Waals surface area (Å²) in [6.07, 6.45) is 4.62. The van der Waals surface area contributed by atoms with Gasteiger partial charge in [-0.05, 0) is 38.6 Å². The molecule has 1 heterocycles. The smallest absolute Gasteiger partial charge is 0.236 e. The molecule has 2 amide bonds. The van der Waals surface area contributed by atoms with Gasteiger partial charge in [-0.3, -0.25) is 14.5 Å². The summed E-state index contributed by atoms with van der Waals surface area (Å²) in [6, 6.07) is 0.371. The zero-order valence-electron chi connectivity index (χ0n) is 14.9. The van der Waals surface area contributed by atoms with Gasteiger partial charge in [-0.15, -0.1) is 0 Å². The summed E-state index contributed by atoms with van der Waals surface area (Å²) in [5.74, 6) is 1.03. The van der Waals surface area contributed by atoms with E-state index in [4.69, 9.17) is 0 Å². The van der Waals surface area contributed by atoms with E-state index in [1.807, 2.05) is 28.8 Å². The molecule has 0 aromatic carbocycles. The zero-order valence-corrected chi connectivity index (χ0v) is 14.9. The Morgan fingerprint density at radius 1 is 1.04 bits per heavy atom. The molecule has 6 nitrogen and oxygen atoms in total. The van der Waals surface area contributed by atoms with Gasteiger partial charge in [0, 0.05) is 39.3 Å². The summed E-state index contributed by atoms with van der Waals surface area (Å²) >= 11 is 0. The van der Waals surface area contributed by atoms with E-state index in [1.165, 1.54) is 12.8 Å². The van der Waals surface area contributed by atoms with Crippen LogP contribution in [0.1, 0.15) is 32.6 Å². The second-order valence-electron chi connectivity index (χ2n) is 7.22. The molecular formula is C17H32N4O2. The Morgan fingerprint density at radius 3 is 2.26 bits per heavy atom. The highest BCUT2D eigenvalue weighted by molar-refractivity contribution is 5.81. The third-order valence-corrected chi connectivity index (χ3v) is 5.21. The minimum absolute atomic E-state index is 0.121. The summed E-state index contributed by atoms with van der Waals surface area (Å²) in [4.78, 5) is 30.3. The van der Waals surface area contributed by atoms with E-state index in [-0.39, 0.29) is 11.8 Å². The second kappa shape index (κ2) is 8.64. The topological polar surface area (TPSA) is 55.9 Å². The van der Waals surface area contributed by atoms with Crippen LogP contribution in [0.5, 0.6) is 0 Å². The maximum Gasteiger partial charge on any atom is 0.236 e. The lowest BCUT2D eigenvalue weighted by Crippen LogP contribution is -2.50. The molecule has 1 aliphatic heterocycles. The van der Waals surface area contributed by atoms with E-state index in [0.29, 0.717) is 19.1 Å². The molecule has 2 rings (SSSR count).